The second kappa shape index (κ2) is 7.97. The first-order valence-corrected chi connectivity index (χ1v) is 12.7. The third-order valence-corrected chi connectivity index (χ3v) is 8.63. The van der Waals surface area contributed by atoms with Crippen LogP contribution < -0.4 is 10.2 Å². The number of hydrogen-bond acceptors (Lipinski definition) is 6. The number of hydrogen-bond donors (Lipinski definition) is 1. The average Bonchev–Trinajstić information content (AvgIpc) is 2.68. The van der Waals surface area contributed by atoms with E-state index in [0.717, 1.165) is 45.4 Å². The monoisotopic (exact) mass is 455 g/mol. The van der Waals surface area contributed by atoms with Gasteiger partial charge < -0.3 is 10.2 Å². The first-order valence-electron chi connectivity index (χ1n) is 11.6. The summed E-state index contributed by atoms with van der Waals surface area (Å²) < 4.78 is 43.1. The Bertz CT molecular complexity index is 791. The van der Waals surface area contributed by atoms with Crippen molar-refractivity contribution in [1.29, 1.82) is 0 Å². The minimum atomic E-state index is -4.54. The molecule has 1 N–H and O–H groups in total. The van der Waals surface area contributed by atoms with Crippen LogP contribution in [0, 0.1) is 10.8 Å². The van der Waals surface area contributed by atoms with Gasteiger partial charge in [0, 0.05) is 43.7 Å². The number of piperidine rings is 1. The number of nitrogens with one attached hydrogen (secondary N) is 1. The standard InChI is InChI=1S/C22H32F3N5S/c1-31-30-14-21(15-30)11-16(12-21)26-17-10-18(28-19(27-17)22(23,24)25)29-9-5-8-20(13-29)6-3-2-4-7-20/h10,16H,2-9,11-15H2,1H3,(H,26,27,28). The average molecular weight is 456 g/mol. The Balaban J connectivity index is 1.32. The molecule has 5 nitrogen and oxygen atoms in total. The van der Waals surface area contributed by atoms with Gasteiger partial charge in [-0.3, -0.25) is 0 Å². The largest absolute Gasteiger partial charge is 0.451 e. The molecule has 1 aromatic rings. The summed E-state index contributed by atoms with van der Waals surface area (Å²) in [4.78, 5) is 9.92. The lowest BCUT2D eigenvalue weighted by molar-refractivity contribution is -0.144. The molecule has 0 amide bonds. The summed E-state index contributed by atoms with van der Waals surface area (Å²) in [5, 5.41) is 3.29. The van der Waals surface area contributed by atoms with Crippen LogP contribution in [0.3, 0.4) is 0 Å². The third-order valence-electron chi connectivity index (χ3n) is 7.86. The van der Waals surface area contributed by atoms with Crippen LogP contribution in [0.5, 0.6) is 0 Å². The Hall–Kier alpha value is -1.22. The fraction of sp³-hybridized carbons (Fsp3) is 0.818. The summed E-state index contributed by atoms with van der Waals surface area (Å²) >= 11 is 1.76. The summed E-state index contributed by atoms with van der Waals surface area (Å²) in [5.74, 6) is -0.274. The number of nitrogens with zero attached hydrogens (tertiary/aromatic N) is 4. The van der Waals surface area contributed by atoms with Crippen LogP contribution in [0.15, 0.2) is 6.07 Å². The molecule has 172 valence electrons. The SMILES string of the molecule is CSN1CC2(CC(Nc3cc(N4CCCC5(CCCCC5)C4)nc(C(F)(F)F)n3)C2)C1. The Kier molecular flexibility index (Phi) is 5.56. The van der Waals surface area contributed by atoms with Crippen LogP contribution in [0.4, 0.5) is 24.8 Å². The van der Waals surface area contributed by atoms with Gasteiger partial charge in [0.2, 0.25) is 5.82 Å². The molecule has 5 rings (SSSR count). The van der Waals surface area contributed by atoms with E-state index >= 15 is 0 Å². The smallest absolute Gasteiger partial charge is 0.367 e. The first-order chi connectivity index (χ1) is 14.8. The maximum absolute atomic E-state index is 13.6. The lowest BCUT2D eigenvalue weighted by Crippen LogP contribution is -2.62. The number of alkyl halides is 3. The highest BCUT2D eigenvalue weighted by molar-refractivity contribution is 7.96. The summed E-state index contributed by atoms with van der Waals surface area (Å²) in [5.41, 5.74) is 0.602. The van der Waals surface area contributed by atoms with Crippen molar-refractivity contribution in [3.63, 3.8) is 0 Å². The predicted molar refractivity (Wildman–Crippen MR) is 118 cm³/mol. The topological polar surface area (TPSA) is 44.3 Å². The lowest BCUT2D eigenvalue weighted by Gasteiger charge is -2.58. The van der Waals surface area contributed by atoms with E-state index < -0.39 is 12.0 Å². The normalized spacial score (nSPS) is 26.0. The van der Waals surface area contributed by atoms with Crippen LogP contribution >= 0.6 is 11.9 Å². The molecule has 2 aliphatic carbocycles. The van der Waals surface area contributed by atoms with E-state index in [1.54, 1.807) is 18.0 Å². The molecule has 1 aromatic heterocycles. The minimum Gasteiger partial charge on any atom is -0.367 e. The van der Waals surface area contributed by atoms with E-state index in [0.29, 0.717) is 17.1 Å². The Morgan fingerprint density at radius 1 is 1.00 bits per heavy atom. The van der Waals surface area contributed by atoms with Gasteiger partial charge in [-0.2, -0.15) is 13.2 Å². The van der Waals surface area contributed by atoms with Crippen molar-refractivity contribution in [2.45, 2.75) is 70.0 Å². The highest BCUT2D eigenvalue weighted by Crippen LogP contribution is 2.51. The maximum Gasteiger partial charge on any atom is 0.451 e. The molecule has 0 atom stereocenters. The van der Waals surface area contributed by atoms with Gasteiger partial charge >= 0.3 is 6.18 Å². The van der Waals surface area contributed by atoms with Gasteiger partial charge in [-0.05, 0) is 50.2 Å². The van der Waals surface area contributed by atoms with Gasteiger partial charge in [0.1, 0.15) is 11.6 Å². The molecule has 2 saturated heterocycles. The maximum atomic E-state index is 13.6. The van der Waals surface area contributed by atoms with E-state index in [-0.39, 0.29) is 11.5 Å². The van der Waals surface area contributed by atoms with Gasteiger partial charge in [0.05, 0.1) is 0 Å². The minimum absolute atomic E-state index is 0.193. The van der Waals surface area contributed by atoms with Crippen molar-refractivity contribution < 1.29 is 13.2 Å². The quantitative estimate of drug-likeness (QED) is 0.630. The molecule has 31 heavy (non-hydrogen) atoms. The van der Waals surface area contributed by atoms with Gasteiger partial charge in [-0.1, -0.05) is 31.2 Å². The van der Waals surface area contributed by atoms with Crippen molar-refractivity contribution in [3.8, 4) is 0 Å². The summed E-state index contributed by atoms with van der Waals surface area (Å²) in [7, 11) is 0. The van der Waals surface area contributed by atoms with Gasteiger partial charge in [-0.15, -0.1) is 0 Å². The lowest BCUT2D eigenvalue weighted by atomic mass is 9.61. The number of rotatable bonds is 4. The van der Waals surface area contributed by atoms with E-state index in [9.17, 15) is 13.2 Å². The Labute approximate surface area is 186 Å². The third kappa shape index (κ3) is 4.36. The Morgan fingerprint density at radius 2 is 1.71 bits per heavy atom. The molecule has 0 aromatic carbocycles. The molecule has 2 aliphatic heterocycles. The zero-order valence-electron chi connectivity index (χ0n) is 18.2. The molecule has 3 heterocycles. The van der Waals surface area contributed by atoms with Gasteiger partial charge in [0.25, 0.3) is 0 Å². The number of anilines is 2. The molecule has 2 spiro atoms. The molecule has 4 aliphatic rings. The number of halogens is 3. The Morgan fingerprint density at radius 3 is 2.39 bits per heavy atom. The molecular formula is C22H32F3N5S. The molecule has 0 unspecified atom stereocenters. The second-order valence-electron chi connectivity index (χ2n) is 10.2. The van der Waals surface area contributed by atoms with Crippen LogP contribution in [0.2, 0.25) is 0 Å². The van der Waals surface area contributed by atoms with E-state index in [2.05, 4.69) is 30.7 Å². The van der Waals surface area contributed by atoms with Crippen molar-refractivity contribution in [1.82, 2.24) is 14.3 Å². The molecule has 0 bridgehead atoms. The van der Waals surface area contributed by atoms with E-state index in [1.165, 1.54) is 38.5 Å². The first kappa shape index (κ1) is 21.6. The van der Waals surface area contributed by atoms with Crippen LogP contribution in [-0.4, -0.2) is 52.7 Å². The highest BCUT2D eigenvalue weighted by Gasteiger charge is 2.52. The molecule has 4 fully saturated rings. The van der Waals surface area contributed by atoms with E-state index in [4.69, 9.17) is 0 Å². The second-order valence-corrected chi connectivity index (χ2v) is 11.1. The van der Waals surface area contributed by atoms with Gasteiger partial charge in [-0.25, -0.2) is 14.3 Å². The van der Waals surface area contributed by atoms with E-state index in [1.807, 2.05) is 0 Å². The summed E-state index contributed by atoms with van der Waals surface area (Å²) in [6, 6.07) is 1.94. The number of aromatic nitrogens is 2. The summed E-state index contributed by atoms with van der Waals surface area (Å²) in [6.45, 7) is 3.74. The van der Waals surface area contributed by atoms with Crippen molar-refractivity contribution >= 4 is 23.6 Å². The van der Waals surface area contributed by atoms with Gasteiger partial charge in [0.15, 0.2) is 0 Å². The fourth-order valence-corrected chi connectivity index (χ4v) is 7.10. The zero-order chi connectivity index (χ0) is 21.7. The van der Waals surface area contributed by atoms with Crippen molar-refractivity contribution in [3.05, 3.63) is 11.9 Å². The molecular weight excluding hydrogens is 423 g/mol. The predicted octanol–water partition coefficient (Wildman–Crippen LogP) is 5.20. The summed E-state index contributed by atoms with van der Waals surface area (Å²) in [6.07, 6.45) is 7.85. The van der Waals surface area contributed by atoms with Crippen LogP contribution in [0.25, 0.3) is 0 Å². The zero-order valence-corrected chi connectivity index (χ0v) is 19.0. The van der Waals surface area contributed by atoms with Crippen molar-refractivity contribution in [2.24, 2.45) is 10.8 Å². The van der Waals surface area contributed by atoms with Crippen LogP contribution in [-0.2, 0) is 6.18 Å². The van der Waals surface area contributed by atoms with Crippen LogP contribution in [0.1, 0.15) is 63.6 Å². The fourth-order valence-electron chi connectivity index (χ4n) is 6.30. The van der Waals surface area contributed by atoms with Crippen molar-refractivity contribution in [2.75, 3.05) is 42.7 Å². The molecule has 9 heteroatoms. The molecule has 0 radical (unpaired) electrons. The highest BCUT2D eigenvalue weighted by atomic mass is 32.2. The molecule has 2 saturated carbocycles.